The Balaban J connectivity index is 3.59. The summed E-state index contributed by atoms with van der Waals surface area (Å²) >= 11 is 0. The zero-order valence-corrected chi connectivity index (χ0v) is 7.78. The molecule has 0 heterocycles. The molecular weight excluding hydrogens is 160 g/mol. The lowest BCUT2D eigenvalue weighted by atomic mass is 10.2. The van der Waals surface area contributed by atoms with Gasteiger partial charge in [0.05, 0.1) is 19.1 Å². The van der Waals surface area contributed by atoms with Gasteiger partial charge >= 0.3 is 0 Å². The van der Waals surface area contributed by atoms with Crippen molar-refractivity contribution in [2.24, 2.45) is 5.92 Å². The molecule has 4 heteroatoms. The molecular formula is C8H16O4. The molecule has 2 unspecified atom stereocenters. The van der Waals surface area contributed by atoms with Gasteiger partial charge in [0.25, 0.3) is 0 Å². The first-order valence-corrected chi connectivity index (χ1v) is 3.84. The van der Waals surface area contributed by atoms with Crippen LogP contribution >= 0.6 is 0 Å². The van der Waals surface area contributed by atoms with Gasteiger partial charge in [-0.3, -0.25) is 0 Å². The van der Waals surface area contributed by atoms with E-state index in [1.165, 1.54) is 7.11 Å². The van der Waals surface area contributed by atoms with Crippen molar-refractivity contribution < 1.29 is 19.0 Å². The van der Waals surface area contributed by atoms with Crippen molar-refractivity contribution in [1.29, 1.82) is 0 Å². The van der Waals surface area contributed by atoms with Crippen LogP contribution in [0.1, 0.15) is 6.92 Å². The molecule has 0 saturated carbocycles. The van der Waals surface area contributed by atoms with Gasteiger partial charge in [-0.05, 0) is 0 Å². The molecule has 0 aromatic heterocycles. The minimum absolute atomic E-state index is 0.244. The van der Waals surface area contributed by atoms with Crippen molar-refractivity contribution in [2.75, 3.05) is 27.4 Å². The van der Waals surface area contributed by atoms with E-state index in [0.29, 0.717) is 13.2 Å². The maximum atomic E-state index is 10.3. The van der Waals surface area contributed by atoms with E-state index in [4.69, 9.17) is 14.2 Å². The van der Waals surface area contributed by atoms with Gasteiger partial charge < -0.3 is 19.0 Å². The Labute approximate surface area is 72.8 Å². The largest absolute Gasteiger partial charge is 0.382 e. The molecule has 0 N–H and O–H groups in total. The fraction of sp³-hybridized carbons (Fsp3) is 0.875. The summed E-state index contributed by atoms with van der Waals surface area (Å²) in [7, 11) is 3.10. The van der Waals surface area contributed by atoms with Crippen LogP contribution < -0.4 is 0 Å². The molecule has 0 rings (SSSR count). The van der Waals surface area contributed by atoms with Gasteiger partial charge in [-0.1, -0.05) is 6.92 Å². The van der Waals surface area contributed by atoms with E-state index < -0.39 is 6.29 Å². The first-order chi connectivity index (χ1) is 5.76. The highest BCUT2D eigenvalue weighted by atomic mass is 16.7. The third-order valence-corrected chi connectivity index (χ3v) is 1.45. The van der Waals surface area contributed by atoms with Gasteiger partial charge in [0.15, 0.2) is 6.29 Å². The molecule has 0 saturated heterocycles. The topological polar surface area (TPSA) is 44.8 Å². The molecule has 0 spiro atoms. The normalized spacial score (nSPS) is 15.6. The van der Waals surface area contributed by atoms with Crippen LogP contribution in [-0.4, -0.2) is 40.0 Å². The Morgan fingerprint density at radius 3 is 2.42 bits per heavy atom. The summed E-state index contributed by atoms with van der Waals surface area (Å²) in [6.07, 6.45) is 0.346. The van der Waals surface area contributed by atoms with Crippen LogP contribution in [0.2, 0.25) is 0 Å². The second-order valence-corrected chi connectivity index (χ2v) is 2.46. The number of hydrogen-bond acceptors (Lipinski definition) is 4. The third kappa shape index (κ3) is 4.43. The van der Waals surface area contributed by atoms with Crippen LogP contribution in [0.25, 0.3) is 0 Å². The predicted octanol–water partition coefficient (Wildman–Crippen LogP) is 0.457. The van der Waals surface area contributed by atoms with E-state index in [9.17, 15) is 4.79 Å². The summed E-state index contributed by atoms with van der Waals surface area (Å²) in [6.45, 7) is 2.69. The maximum Gasteiger partial charge on any atom is 0.166 e. The highest BCUT2D eigenvalue weighted by Gasteiger charge is 2.15. The van der Waals surface area contributed by atoms with E-state index in [2.05, 4.69) is 0 Å². The first-order valence-electron chi connectivity index (χ1n) is 3.84. The van der Waals surface area contributed by atoms with Gasteiger partial charge in [-0.25, -0.2) is 0 Å². The Kier molecular flexibility index (Phi) is 6.94. The van der Waals surface area contributed by atoms with Crippen LogP contribution in [0.15, 0.2) is 0 Å². The lowest BCUT2D eigenvalue weighted by molar-refractivity contribution is -0.161. The number of aldehydes is 1. The molecule has 0 aliphatic heterocycles. The minimum Gasteiger partial charge on any atom is -0.382 e. The summed E-state index contributed by atoms with van der Waals surface area (Å²) in [5, 5.41) is 0. The van der Waals surface area contributed by atoms with Crippen LogP contribution in [0, 0.1) is 5.92 Å². The van der Waals surface area contributed by atoms with Crippen molar-refractivity contribution in [3.63, 3.8) is 0 Å². The number of rotatable bonds is 7. The summed E-state index contributed by atoms with van der Waals surface area (Å²) in [5.41, 5.74) is 0. The SMILES string of the molecule is COCCOC(OC)C(C)C=O. The lowest BCUT2D eigenvalue weighted by Crippen LogP contribution is -2.26. The average molecular weight is 176 g/mol. The molecule has 2 atom stereocenters. The van der Waals surface area contributed by atoms with Gasteiger partial charge in [-0.2, -0.15) is 0 Å². The zero-order valence-electron chi connectivity index (χ0n) is 7.78. The van der Waals surface area contributed by atoms with Gasteiger partial charge in [0, 0.05) is 14.2 Å². The number of hydrogen-bond donors (Lipinski definition) is 0. The highest BCUT2D eigenvalue weighted by molar-refractivity contribution is 5.53. The molecule has 0 radical (unpaired) electrons. The van der Waals surface area contributed by atoms with Crippen molar-refractivity contribution in [3.05, 3.63) is 0 Å². The van der Waals surface area contributed by atoms with Crippen LogP contribution in [0.5, 0.6) is 0 Å². The summed E-state index contributed by atoms with van der Waals surface area (Å²) in [6, 6.07) is 0. The van der Waals surface area contributed by atoms with Crippen LogP contribution in [0.4, 0.5) is 0 Å². The first kappa shape index (κ1) is 11.6. The Morgan fingerprint density at radius 1 is 1.33 bits per heavy atom. The van der Waals surface area contributed by atoms with Crippen molar-refractivity contribution in [3.8, 4) is 0 Å². The molecule has 0 aliphatic rings. The average Bonchev–Trinajstić information content (AvgIpc) is 2.11. The van der Waals surface area contributed by atoms with Crippen LogP contribution in [-0.2, 0) is 19.0 Å². The second kappa shape index (κ2) is 7.21. The lowest BCUT2D eigenvalue weighted by Gasteiger charge is -2.18. The smallest absolute Gasteiger partial charge is 0.166 e. The minimum atomic E-state index is -0.461. The molecule has 0 amide bonds. The van der Waals surface area contributed by atoms with Crippen molar-refractivity contribution in [2.45, 2.75) is 13.2 Å². The third-order valence-electron chi connectivity index (χ3n) is 1.45. The Hall–Kier alpha value is -0.450. The molecule has 0 aromatic rings. The zero-order chi connectivity index (χ0) is 9.40. The number of carbonyl (C=O) groups is 1. The number of methoxy groups -OCH3 is 2. The monoisotopic (exact) mass is 176 g/mol. The summed E-state index contributed by atoms with van der Waals surface area (Å²) in [4.78, 5) is 10.3. The predicted molar refractivity (Wildman–Crippen MR) is 43.9 cm³/mol. The molecule has 72 valence electrons. The Bertz CT molecular complexity index is 116. The molecule has 12 heavy (non-hydrogen) atoms. The molecule has 0 aliphatic carbocycles. The van der Waals surface area contributed by atoms with Crippen molar-refractivity contribution >= 4 is 6.29 Å². The molecule has 0 bridgehead atoms. The van der Waals surface area contributed by atoms with E-state index in [0.717, 1.165) is 6.29 Å². The van der Waals surface area contributed by atoms with Crippen LogP contribution in [0.3, 0.4) is 0 Å². The summed E-state index contributed by atoms with van der Waals surface area (Å²) in [5.74, 6) is -0.244. The van der Waals surface area contributed by atoms with Gasteiger partial charge in [0.2, 0.25) is 0 Å². The molecule has 0 fully saturated rings. The Morgan fingerprint density at radius 2 is 2.00 bits per heavy atom. The van der Waals surface area contributed by atoms with Crippen molar-refractivity contribution in [1.82, 2.24) is 0 Å². The number of carbonyl (C=O) groups excluding carboxylic acids is 1. The van der Waals surface area contributed by atoms with Gasteiger partial charge in [0.1, 0.15) is 6.29 Å². The van der Waals surface area contributed by atoms with E-state index in [-0.39, 0.29) is 5.92 Å². The fourth-order valence-corrected chi connectivity index (χ4v) is 0.746. The van der Waals surface area contributed by atoms with E-state index in [1.54, 1.807) is 14.0 Å². The maximum absolute atomic E-state index is 10.3. The molecule has 4 nitrogen and oxygen atoms in total. The summed E-state index contributed by atoms with van der Waals surface area (Å²) < 4.78 is 14.9. The second-order valence-electron chi connectivity index (χ2n) is 2.46. The van der Waals surface area contributed by atoms with Gasteiger partial charge in [-0.15, -0.1) is 0 Å². The highest BCUT2D eigenvalue weighted by Crippen LogP contribution is 2.04. The standard InChI is InChI=1S/C8H16O4/c1-7(6-9)8(11-3)12-5-4-10-2/h6-8H,4-5H2,1-3H3. The fourth-order valence-electron chi connectivity index (χ4n) is 0.746. The number of ether oxygens (including phenoxy) is 3. The molecule has 0 aromatic carbocycles. The quantitative estimate of drug-likeness (QED) is 0.321. The van der Waals surface area contributed by atoms with E-state index in [1.807, 2.05) is 0 Å². The van der Waals surface area contributed by atoms with E-state index >= 15 is 0 Å².